The summed E-state index contributed by atoms with van der Waals surface area (Å²) in [6.07, 6.45) is -4.46. The molecule has 1 aliphatic rings. The highest BCUT2D eigenvalue weighted by Crippen LogP contribution is 2.32. The highest BCUT2D eigenvalue weighted by molar-refractivity contribution is 5.08. The van der Waals surface area contributed by atoms with Crippen molar-refractivity contribution in [2.24, 2.45) is 0 Å². The maximum absolute atomic E-state index is 11.4. The molecular formula is C6H7F3O. The largest absolute Gasteiger partial charge is 0.522 e. The molecule has 0 aromatic rings. The lowest BCUT2D eigenvalue weighted by atomic mass is 9.90. The molecular weight excluding hydrogens is 145 g/mol. The quantitative estimate of drug-likeness (QED) is 0.523. The van der Waals surface area contributed by atoms with Gasteiger partial charge in [0.1, 0.15) is 0 Å². The number of rotatable bonds is 1. The standard InChI is InChI=1S/C6H7F3O/c1-4-2-5(3-4)10-6(7,8)9/h5H,1-3H2. The van der Waals surface area contributed by atoms with E-state index in [0.717, 1.165) is 5.57 Å². The summed E-state index contributed by atoms with van der Waals surface area (Å²) < 4.78 is 37.9. The third kappa shape index (κ3) is 2.02. The molecule has 1 fully saturated rings. The molecule has 1 saturated carbocycles. The molecule has 0 aliphatic heterocycles. The summed E-state index contributed by atoms with van der Waals surface area (Å²) in [5, 5.41) is 0. The van der Waals surface area contributed by atoms with Crippen LogP contribution in [0.1, 0.15) is 12.8 Å². The van der Waals surface area contributed by atoms with E-state index in [9.17, 15) is 13.2 Å². The van der Waals surface area contributed by atoms with E-state index in [1.165, 1.54) is 0 Å². The molecule has 0 spiro atoms. The molecule has 0 N–H and O–H groups in total. The van der Waals surface area contributed by atoms with Crippen LogP contribution in [0, 0.1) is 0 Å². The second kappa shape index (κ2) is 2.27. The number of ether oxygens (including phenoxy) is 1. The molecule has 58 valence electrons. The predicted molar refractivity (Wildman–Crippen MR) is 29.3 cm³/mol. The number of halogens is 3. The Morgan fingerprint density at radius 2 is 1.90 bits per heavy atom. The zero-order valence-electron chi connectivity index (χ0n) is 5.24. The van der Waals surface area contributed by atoms with Gasteiger partial charge in [-0.1, -0.05) is 12.2 Å². The van der Waals surface area contributed by atoms with Gasteiger partial charge in [0.2, 0.25) is 0 Å². The second-order valence-corrected chi connectivity index (χ2v) is 2.34. The van der Waals surface area contributed by atoms with Crippen molar-refractivity contribution < 1.29 is 17.9 Å². The van der Waals surface area contributed by atoms with Crippen LogP contribution in [0.4, 0.5) is 13.2 Å². The Labute approximate surface area is 56.5 Å². The molecule has 1 nitrogen and oxygen atoms in total. The molecule has 0 bridgehead atoms. The van der Waals surface area contributed by atoms with Gasteiger partial charge >= 0.3 is 6.36 Å². The molecule has 4 heteroatoms. The average Bonchev–Trinajstić information content (AvgIpc) is 1.57. The summed E-state index contributed by atoms with van der Waals surface area (Å²) >= 11 is 0. The number of hydrogen-bond acceptors (Lipinski definition) is 1. The fraction of sp³-hybridized carbons (Fsp3) is 0.667. The van der Waals surface area contributed by atoms with Crippen LogP contribution in [0.5, 0.6) is 0 Å². The zero-order chi connectivity index (χ0) is 7.78. The summed E-state index contributed by atoms with van der Waals surface area (Å²) in [7, 11) is 0. The first-order chi connectivity index (χ1) is 4.47. The van der Waals surface area contributed by atoms with Crippen molar-refractivity contribution in [3.8, 4) is 0 Å². The summed E-state index contributed by atoms with van der Waals surface area (Å²) in [4.78, 5) is 0. The van der Waals surface area contributed by atoms with Gasteiger partial charge in [0, 0.05) is 0 Å². The van der Waals surface area contributed by atoms with Crippen molar-refractivity contribution >= 4 is 0 Å². The summed E-state index contributed by atoms with van der Waals surface area (Å²) in [6, 6.07) is 0. The van der Waals surface area contributed by atoms with Crippen LogP contribution in [0.3, 0.4) is 0 Å². The molecule has 0 radical (unpaired) electrons. The van der Waals surface area contributed by atoms with Gasteiger partial charge in [-0.25, -0.2) is 0 Å². The summed E-state index contributed by atoms with van der Waals surface area (Å²) in [6.45, 7) is 3.49. The minimum atomic E-state index is -4.48. The van der Waals surface area contributed by atoms with Crippen LogP contribution >= 0.6 is 0 Å². The van der Waals surface area contributed by atoms with Gasteiger partial charge in [0.25, 0.3) is 0 Å². The third-order valence-electron chi connectivity index (χ3n) is 1.33. The Bertz CT molecular complexity index is 142. The van der Waals surface area contributed by atoms with E-state index in [1.807, 2.05) is 0 Å². The Morgan fingerprint density at radius 3 is 2.20 bits per heavy atom. The Morgan fingerprint density at radius 1 is 1.40 bits per heavy atom. The van der Waals surface area contributed by atoms with E-state index in [2.05, 4.69) is 11.3 Å². The lowest BCUT2D eigenvalue weighted by molar-refractivity contribution is -0.346. The summed E-state index contributed by atoms with van der Waals surface area (Å²) in [5.41, 5.74) is 0.828. The van der Waals surface area contributed by atoms with Gasteiger partial charge in [-0.15, -0.1) is 13.2 Å². The van der Waals surface area contributed by atoms with Gasteiger partial charge in [0.15, 0.2) is 0 Å². The van der Waals surface area contributed by atoms with E-state index in [1.54, 1.807) is 0 Å². The Hall–Kier alpha value is -0.510. The van der Waals surface area contributed by atoms with Crippen LogP contribution in [-0.4, -0.2) is 12.5 Å². The second-order valence-electron chi connectivity index (χ2n) is 2.34. The van der Waals surface area contributed by atoms with Crippen molar-refractivity contribution in [3.05, 3.63) is 12.2 Å². The smallest absolute Gasteiger partial charge is 0.288 e. The van der Waals surface area contributed by atoms with Crippen molar-refractivity contribution in [1.82, 2.24) is 0 Å². The fourth-order valence-electron chi connectivity index (χ4n) is 0.856. The van der Waals surface area contributed by atoms with E-state index < -0.39 is 12.5 Å². The zero-order valence-corrected chi connectivity index (χ0v) is 5.24. The predicted octanol–water partition coefficient (Wildman–Crippen LogP) is 2.24. The molecule has 1 aliphatic carbocycles. The third-order valence-corrected chi connectivity index (χ3v) is 1.33. The monoisotopic (exact) mass is 152 g/mol. The molecule has 0 heterocycles. The van der Waals surface area contributed by atoms with Crippen LogP contribution in [0.15, 0.2) is 12.2 Å². The number of alkyl halides is 3. The lowest BCUT2D eigenvalue weighted by Gasteiger charge is -2.28. The highest BCUT2D eigenvalue weighted by Gasteiger charge is 2.37. The first-order valence-electron chi connectivity index (χ1n) is 2.88. The van der Waals surface area contributed by atoms with Crippen molar-refractivity contribution in [1.29, 1.82) is 0 Å². The van der Waals surface area contributed by atoms with Gasteiger partial charge in [0.05, 0.1) is 6.10 Å². The van der Waals surface area contributed by atoms with Crippen molar-refractivity contribution in [3.63, 3.8) is 0 Å². The van der Waals surface area contributed by atoms with Gasteiger partial charge in [-0.2, -0.15) is 0 Å². The summed E-state index contributed by atoms with van der Waals surface area (Å²) in [5.74, 6) is 0. The molecule has 1 rings (SSSR count). The Balaban J connectivity index is 2.22. The molecule has 0 amide bonds. The van der Waals surface area contributed by atoms with E-state index >= 15 is 0 Å². The van der Waals surface area contributed by atoms with E-state index in [4.69, 9.17) is 0 Å². The number of hydrogen-bond donors (Lipinski definition) is 0. The van der Waals surface area contributed by atoms with E-state index in [0.29, 0.717) is 12.8 Å². The molecule has 0 unspecified atom stereocenters. The van der Waals surface area contributed by atoms with Crippen molar-refractivity contribution in [2.75, 3.05) is 0 Å². The normalized spacial score (nSPS) is 20.9. The van der Waals surface area contributed by atoms with Gasteiger partial charge in [-0.05, 0) is 12.8 Å². The maximum atomic E-state index is 11.4. The minimum absolute atomic E-state index is 0.347. The molecule has 0 aromatic heterocycles. The van der Waals surface area contributed by atoms with Crippen LogP contribution in [0.25, 0.3) is 0 Å². The average molecular weight is 152 g/mol. The lowest BCUT2D eigenvalue weighted by Crippen LogP contribution is -2.30. The molecule has 0 aromatic carbocycles. The highest BCUT2D eigenvalue weighted by atomic mass is 19.4. The molecule has 0 atom stereocenters. The van der Waals surface area contributed by atoms with Gasteiger partial charge < -0.3 is 0 Å². The minimum Gasteiger partial charge on any atom is -0.288 e. The molecule has 0 saturated heterocycles. The first kappa shape index (κ1) is 7.60. The topological polar surface area (TPSA) is 9.23 Å². The van der Waals surface area contributed by atoms with Crippen LogP contribution in [0.2, 0.25) is 0 Å². The SMILES string of the molecule is C=C1CC(OC(F)(F)F)C1. The van der Waals surface area contributed by atoms with Gasteiger partial charge in [-0.3, -0.25) is 4.74 Å². The molecule has 10 heavy (non-hydrogen) atoms. The van der Waals surface area contributed by atoms with Crippen LogP contribution in [-0.2, 0) is 4.74 Å². The van der Waals surface area contributed by atoms with E-state index in [-0.39, 0.29) is 0 Å². The van der Waals surface area contributed by atoms with Crippen LogP contribution < -0.4 is 0 Å². The maximum Gasteiger partial charge on any atom is 0.522 e. The fourth-order valence-corrected chi connectivity index (χ4v) is 0.856. The van der Waals surface area contributed by atoms with Crippen molar-refractivity contribution in [2.45, 2.75) is 25.3 Å². The Kier molecular flexibility index (Phi) is 1.72. The first-order valence-corrected chi connectivity index (χ1v) is 2.88.